The predicted octanol–water partition coefficient (Wildman–Crippen LogP) is 19.9. The predicted molar refractivity (Wildman–Crippen MR) is 263 cm³/mol. The topological polar surface area (TPSA) is 25.8 Å². The molecule has 0 bridgehead atoms. The summed E-state index contributed by atoms with van der Waals surface area (Å²) in [6.45, 7) is 9.27. The summed E-state index contributed by atoms with van der Waals surface area (Å²) in [5.41, 5.74) is 4.49. The summed E-state index contributed by atoms with van der Waals surface area (Å²) in [4.78, 5) is 10.7. The number of aryl methyl sites for hydroxylation is 3. The maximum atomic E-state index is 5.36. The van der Waals surface area contributed by atoms with E-state index in [9.17, 15) is 0 Å². The Bertz CT molecular complexity index is 886. The number of aromatic nitrogens is 2. The van der Waals surface area contributed by atoms with Crippen molar-refractivity contribution in [3.05, 3.63) is 22.8 Å². The fourth-order valence-corrected chi connectivity index (χ4v) is 9.26. The van der Waals surface area contributed by atoms with Crippen molar-refractivity contribution < 1.29 is 0 Å². The SMILES string of the molecule is CCCCCCCCCCCCCCCCc1nc(CCCC)nc(CCCCCCCCCCCCCCCC)c1CCCCCCCCCCCCCCCC. The number of hydrogen-bond donors (Lipinski definition) is 0. The van der Waals surface area contributed by atoms with Crippen LogP contribution in [0.4, 0.5) is 0 Å². The maximum Gasteiger partial charge on any atom is 0.128 e. The van der Waals surface area contributed by atoms with Crippen LogP contribution in [-0.2, 0) is 25.7 Å². The Hall–Kier alpha value is -0.920. The zero-order chi connectivity index (χ0) is 41.7. The molecule has 0 N–H and O–H groups in total. The van der Waals surface area contributed by atoms with Crippen LogP contribution in [0, 0.1) is 0 Å². The monoisotopic (exact) mass is 809 g/mol. The first-order valence-corrected chi connectivity index (χ1v) is 27.6. The Morgan fingerprint density at radius 1 is 0.207 bits per heavy atom. The molecule has 1 rings (SSSR count). The highest BCUT2D eigenvalue weighted by Crippen LogP contribution is 2.23. The summed E-state index contributed by atoms with van der Waals surface area (Å²) in [5.74, 6) is 1.16. The number of unbranched alkanes of at least 4 members (excludes halogenated alkanes) is 40. The van der Waals surface area contributed by atoms with Crippen molar-refractivity contribution in [1.29, 1.82) is 0 Å². The average molecular weight is 809 g/mol. The highest BCUT2D eigenvalue weighted by molar-refractivity contribution is 5.27. The first-order chi connectivity index (χ1) is 28.8. The summed E-state index contributed by atoms with van der Waals surface area (Å²) in [7, 11) is 0. The highest BCUT2D eigenvalue weighted by Gasteiger charge is 2.15. The standard InChI is InChI=1S/C56H108N2/c1-5-9-13-16-19-22-25-28-31-34-37-40-43-46-49-53-54(50-47-44-41-38-35-32-29-26-23-20-17-14-10-6-2)57-56(52-12-8-4)58-55(53)51-48-45-42-39-36-33-30-27-24-21-18-15-11-7-3/h5-52H2,1-4H3. The minimum absolute atomic E-state index is 1.06. The minimum atomic E-state index is 1.06. The molecule has 342 valence electrons. The summed E-state index contributed by atoms with van der Waals surface area (Å²) >= 11 is 0. The van der Waals surface area contributed by atoms with Crippen molar-refractivity contribution in [1.82, 2.24) is 9.97 Å². The van der Waals surface area contributed by atoms with E-state index < -0.39 is 0 Å². The van der Waals surface area contributed by atoms with Crippen LogP contribution in [0.15, 0.2) is 0 Å². The zero-order valence-corrected chi connectivity index (χ0v) is 40.8. The molecule has 0 spiro atoms. The van der Waals surface area contributed by atoms with Crippen LogP contribution in [0.2, 0.25) is 0 Å². The van der Waals surface area contributed by atoms with E-state index >= 15 is 0 Å². The lowest BCUT2D eigenvalue weighted by atomic mass is 9.96. The van der Waals surface area contributed by atoms with Crippen molar-refractivity contribution in [2.75, 3.05) is 0 Å². The molecule has 0 unspecified atom stereocenters. The number of rotatable bonds is 48. The molecule has 0 aliphatic rings. The van der Waals surface area contributed by atoms with Gasteiger partial charge in [0, 0.05) is 17.8 Å². The molecule has 0 amide bonds. The van der Waals surface area contributed by atoms with Gasteiger partial charge in [-0.3, -0.25) is 0 Å². The second-order valence-corrected chi connectivity index (χ2v) is 19.2. The molecule has 58 heavy (non-hydrogen) atoms. The van der Waals surface area contributed by atoms with E-state index in [0.717, 1.165) is 12.2 Å². The fourth-order valence-electron chi connectivity index (χ4n) is 9.26. The smallest absolute Gasteiger partial charge is 0.128 e. The van der Waals surface area contributed by atoms with Crippen LogP contribution in [0.3, 0.4) is 0 Å². The van der Waals surface area contributed by atoms with E-state index in [-0.39, 0.29) is 0 Å². The molecule has 1 aromatic heterocycles. The quantitative estimate of drug-likeness (QED) is 0.0613. The van der Waals surface area contributed by atoms with Crippen molar-refractivity contribution in [3.63, 3.8) is 0 Å². The largest absolute Gasteiger partial charge is 0.238 e. The summed E-state index contributed by atoms with van der Waals surface area (Å²) in [5, 5.41) is 0. The van der Waals surface area contributed by atoms with Gasteiger partial charge in [0.05, 0.1) is 0 Å². The Kier molecular flexibility index (Phi) is 43.3. The van der Waals surface area contributed by atoms with Crippen LogP contribution in [0.5, 0.6) is 0 Å². The van der Waals surface area contributed by atoms with Crippen LogP contribution >= 0.6 is 0 Å². The van der Waals surface area contributed by atoms with Gasteiger partial charge in [-0.25, -0.2) is 9.97 Å². The molecule has 0 saturated heterocycles. The molecule has 0 atom stereocenters. The lowest BCUT2D eigenvalue weighted by Gasteiger charge is -2.16. The second kappa shape index (κ2) is 45.6. The molecular formula is C56H108N2. The van der Waals surface area contributed by atoms with E-state index in [2.05, 4.69) is 27.7 Å². The third-order valence-electron chi connectivity index (χ3n) is 13.3. The van der Waals surface area contributed by atoms with E-state index in [1.807, 2.05) is 0 Å². The molecule has 0 aliphatic carbocycles. The van der Waals surface area contributed by atoms with E-state index in [0.29, 0.717) is 0 Å². The Morgan fingerprint density at radius 2 is 0.414 bits per heavy atom. The molecule has 0 saturated carbocycles. The van der Waals surface area contributed by atoms with Gasteiger partial charge in [0.1, 0.15) is 5.82 Å². The highest BCUT2D eigenvalue weighted by atomic mass is 14.9. The molecule has 0 radical (unpaired) electrons. The second-order valence-electron chi connectivity index (χ2n) is 19.2. The van der Waals surface area contributed by atoms with Crippen LogP contribution in [0.25, 0.3) is 0 Å². The van der Waals surface area contributed by atoms with Gasteiger partial charge in [-0.15, -0.1) is 0 Å². The third-order valence-corrected chi connectivity index (χ3v) is 13.3. The molecule has 1 heterocycles. The van der Waals surface area contributed by atoms with Crippen LogP contribution in [-0.4, -0.2) is 9.97 Å². The molecule has 2 nitrogen and oxygen atoms in total. The Balaban J connectivity index is 2.56. The zero-order valence-electron chi connectivity index (χ0n) is 40.8. The summed E-state index contributed by atoms with van der Waals surface area (Å²) < 4.78 is 0. The first-order valence-electron chi connectivity index (χ1n) is 27.6. The Morgan fingerprint density at radius 3 is 0.655 bits per heavy atom. The molecule has 2 heteroatoms. The fraction of sp³-hybridized carbons (Fsp3) is 0.929. The van der Waals surface area contributed by atoms with E-state index in [4.69, 9.17) is 9.97 Å². The van der Waals surface area contributed by atoms with Crippen molar-refractivity contribution in [2.24, 2.45) is 0 Å². The van der Waals surface area contributed by atoms with Crippen molar-refractivity contribution in [3.8, 4) is 0 Å². The molecule has 0 aliphatic heterocycles. The normalized spacial score (nSPS) is 11.7. The summed E-state index contributed by atoms with van der Waals surface area (Å²) in [6, 6.07) is 0. The molecular weight excluding hydrogens is 701 g/mol. The minimum Gasteiger partial charge on any atom is -0.238 e. The lowest BCUT2D eigenvalue weighted by Crippen LogP contribution is -2.11. The van der Waals surface area contributed by atoms with Gasteiger partial charge in [-0.1, -0.05) is 285 Å². The summed E-state index contributed by atoms with van der Waals surface area (Å²) in [6.07, 6.45) is 67.0. The van der Waals surface area contributed by atoms with Gasteiger partial charge in [0.25, 0.3) is 0 Å². The van der Waals surface area contributed by atoms with Gasteiger partial charge < -0.3 is 0 Å². The number of hydrogen-bond acceptors (Lipinski definition) is 2. The first kappa shape index (κ1) is 55.1. The van der Waals surface area contributed by atoms with E-state index in [1.165, 1.54) is 313 Å². The Labute approximate surface area is 367 Å². The third kappa shape index (κ3) is 35.8. The molecule has 0 fully saturated rings. The van der Waals surface area contributed by atoms with Gasteiger partial charge in [-0.05, 0) is 50.5 Å². The van der Waals surface area contributed by atoms with Crippen molar-refractivity contribution in [2.45, 2.75) is 336 Å². The number of nitrogens with zero attached hydrogens (tertiary/aromatic N) is 2. The molecule has 0 aromatic carbocycles. The average Bonchev–Trinajstić information content (AvgIpc) is 3.23. The van der Waals surface area contributed by atoms with Crippen molar-refractivity contribution >= 4 is 0 Å². The van der Waals surface area contributed by atoms with Crippen LogP contribution in [0.1, 0.15) is 333 Å². The lowest BCUT2D eigenvalue weighted by molar-refractivity contribution is 0.531. The van der Waals surface area contributed by atoms with Gasteiger partial charge in [0.2, 0.25) is 0 Å². The van der Waals surface area contributed by atoms with Gasteiger partial charge >= 0.3 is 0 Å². The van der Waals surface area contributed by atoms with Gasteiger partial charge in [0.15, 0.2) is 0 Å². The maximum absolute atomic E-state index is 5.36. The van der Waals surface area contributed by atoms with Crippen LogP contribution < -0.4 is 0 Å². The molecule has 1 aromatic rings. The van der Waals surface area contributed by atoms with Gasteiger partial charge in [-0.2, -0.15) is 0 Å². The van der Waals surface area contributed by atoms with E-state index in [1.54, 1.807) is 5.56 Å².